The van der Waals surface area contributed by atoms with E-state index in [4.69, 9.17) is 0 Å². The van der Waals surface area contributed by atoms with E-state index >= 15 is 0 Å². The van der Waals surface area contributed by atoms with Gasteiger partial charge in [0.1, 0.15) is 13.2 Å². The van der Waals surface area contributed by atoms with Crippen molar-refractivity contribution in [1.82, 2.24) is 5.32 Å². The van der Waals surface area contributed by atoms with E-state index in [1.54, 1.807) is 0 Å². The van der Waals surface area contributed by atoms with Crippen molar-refractivity contribution in [2.45, 2.75) is 18.6 Å². The highest BCUT2D eigenvalue weighted by atomic mass is 19.4. The van der Waals surface area contributed by atoms with Crippen LogP contribution in [0, 0.1) is 0 Å². The number of carbonyl (C=O) groups is 1. The molecule has 0 aliphatic carbocycles. The van der Waals surface area contributed by atoms with Crippen molar-refractivity contribution in [1.29, 1.82) is 0 Å². The van der Waals surface area contributed by atoms with Gasteiger partial charge in [-0.15, -0.1) is 0 Å². The van der Waals surface area contributed by atoms with Gasteiger partial charge in [0.05, 0.1) is 6.04 Å². The first-order chi connectivity index (χ1) is 9.44. The topological polar surface area (TPSA) is 50.4 Å². The lowest BCUT2D eigenvalue weighted by atomic mass is 10.00. The van der Waals surface area contributed by atoms with Crippen molar-refractivity contribution in [3.8, 4) is 0 Å². The summed E-state index contributed by atoms with van der Waals surface area (Å²) < 4.78 is 39.9. The Morgan fingerprint density at radius 1 is 1.40 bits per heavy atom. The summed E-state index contributed by atoms with van der Waals surface area (Å²) in [6.07, 6.45) is -3.76. The fourth-order valence-electron chi connectivity index (χ4n) is 2.07. The number of nitrogens with one attached hydrogen (secondary N) is 2. The van der Waals surface area contributed by atoms with Gasteiger partial charge in [0.15, 0.2) is 0 Å². The lowest BCUT2D eigenvalue weighted by Crippen LogP contribution is -2.45. The highest BCUT2D eigenvalue weighted by molar-refractivity contribution is 5.77. The van der Waals surface area contributed by atoms with Crippen LogP contribution in [0.2, 0.25) is 0 Å². The summed E-state index contributed by atoms with van der Waals surface area (Å²) in [6.45, 7) is -1.45. The molecular formula is C13H15F3N2O2. The number of hydrogen-bond acceptors (Lipinski definition) is 3. The van der Waals surface area contributed by atoms with Gasteiger partial charge in [-0.25, -0.2) is 0 Å². The van der Waals surface area contributed by atoms with E-state index in [-0.39, 0.29) is 6.04 Å². The van der Waals surface area contributed by atoms with Crippen molar-refractivity contribution in [2.75, 3.05) is 25.1 Å². The van der Waals surface area contributed by atoms with E-state index in [1.165, 1.54) is 0 Å². The third-order valence-corrected chi connectivity index (χ3v) is 2.89. The molecule has 0 spiro atoms. The normalized spacial score (nSPS) is 18.1. The van der Waals surface area contributed by atoms with Crippen LogP contribution in [0.25, 0.3) is 0 Å². The maximum Gasteiger partial charge on any atom is 0.411 e. The number of anilines is 1. The van der Waals surface area contributed by atoms with Crippen LogP contribution in [0.5, 0.6) is 0 Å². The van der Waals surface area contributed by atoms with Crippen LogP contribution in [0.15, 0.2) is 24.3 Å². The van der Waals surface area contributed by atoms with E-state index in [9.17, 15) is 18.0 Å². The van der Waals surface area contributed by atoms with Crippen molar-refractivity contribution >= 4 is 11.6 Å². The highest BCUT2D eigenvalue weighted by Crippen LogP contribution is 2.21. The van der Waals surface area contributed by atoms with Gasteiger partial charge in [-0.1, -0.05) is 18.2 Å². The first kappa shape index (κ1) is 14.6. The molecule has 0 radical (unpaired) electrons. The number of hydrogen-bond donors (Lipinski definition) is 2. The molecule has 1 aliphatic heterocycles. The molecule has 1 aromatic rings. The van der Waals surface area contributed by atoms with Crippen LogP contribution in [0.1, 0.15) is 5.56 Å². The quantitative estimate of drug-likeness (QED) is 0.887. The average molecular weight is 288 g/mol. The molecule has 0 saturated heterocycles. The Kier molecular flexibility index (Phi) is 4.49. The Hall–Kier alpha value is -1.76. The second-order valence-electron chi connectivity index (χ2n) is 4.61. The number of halogens is 3. The van der Waals surface area contributed by atoms with Crippen molar-refractivity contribution in [3.63, 3.8) is 0 Å². The predicted octanol–water partition coefficient (Wildman–Crippen LogP) is 1.72. The standard InChI is InChI=1S/C13H15F3N2O2/c14-13(15,16)8-20-7-12(19)18-10-5-9-3-1-2-4-11(9)17-6-10/h1-4,10,17H,5-8H2,(H,18,19). The fraction of sp³-hybridized carbons (Fsp3) is 0.462. The van der Waals surface area contributed by atoms with Crippen LogP contribution in [0.4, 0.5) is 18.9 Å². The largest absolute Gasteiger partial charge is 0.411 e. The fourth-order valence-corrected chi connectivity index (χ4v) is 2.07. The first-order valence-corrected chi connectivity index (χ1v) is 6.20. The zero-order valence-electron chi connectivity index (χ0n) is 10.7. The summed E-state index contributed by atoms with van der Waals surface area (Å²) in [5.41, 5.74) is 2.09. The summed E-state index contributed by atoms with van der Waals surface area (Å²) in [7, 11) is 0. The van der Waals surface area contributed by atoms with Crippen LogP contribution in [-0.2, 0) is 16.0 Å². The molecule has 2 rings (SSSR count). The van der Waals surface area contributed by atoms with E-state index in [0.29, 0.717) is 13.0 Å². The number of ether oxygens (including phenoxy) is 1. The van der Waals surface area contributed by atoms with Crippen LogP contribution in [0.3, 0.4) is 0 Å². The Balaban J connectivity index is 1.76. The van der Waals surface area contributed by atoms with Gasteiger partial charge < -0.3 is 15.4 Å². The maximum absolute atomic E-state index is 11.9. The maximum atomic E-state index is 11.9. The molecule has 1 aliphatic rings. The predicted molar refractivity (Wildman–Crippen MR) is 67.4 cm³/mol. The zero-order chi connectivity index (χ0) is 14.6. The SMILES string of the molecule is O=C(COCC(F)(F)F)NC1CNc2ccccc2C1. The molecule has 0 bridgehead atoms. The summed E-state index contributed by atoms with van der Waals surface area (Å²) in [4.78, 5) is 11.5. The van der Waals surface area contributed by atoms with Crippen molar-refractivity contribution in [3.05, 3.63) is 29.8 Å². The molecule has 0 saturated carbocycles. The van der Waals surface area contributed by atoms with Gasteiger partial charge >= 0.3 is 6.18 Å². The van der Waals surface area contributed by atoms with E-state index in [0.717, 1.165) is 11.3 Å². The number of alkyl halides is 3. The van der Waals surface area contributed by atoms with E-state index in [1.807, 2.05) is 24.3 Å². The molecule has 20 heavy (non-hydrogen) atoms. The number of carbonyl (C=O) groups excluding carboxylic acids is 1. The Morgan fingerprint density at radius 2 is 2.15 bits per heavy atom. The molecule has 0 aromatic heterocycles. The van der Waals surface area contributed by atoms with Gasteiger partial charge in [0.2, 0.25) is 5.91 Å². The molecule has 110 valence electrons. The van der Waals surface area contributed by atoms with Crippen LogP contribution >= 0.6 is 0 Å². The highest BCUT2D eigenvalue weighted by Gasteiger charge is 2.28. The van der Waals surface area contributed by atoms with Crippen molar-refractivity contribution in [2.24, 2.45) is 0 Å². The molecule has 1 heterocycles. The Morgan fingerprint density at radius 3 is 2.90 bits per heavy atom. The summed E-state index contributed by atoms with van der Waals surface area (Å²) >= 11 is 0. The van der Waals surface area contributed by atoms with Gasteiger partial charge in [0.25, 0.3) is 0 Å². The number of rotatable bonds is 4. The van der Waals surface area contributed by atoms with Crippen LogP contribution in [-0.4, -0.2) is 37.9 Å². The number of para-hydroxylation sites is 1. The zero-order valence-corrected chi connectivity index (χ0v) is 10.7. The van der Waals surface area contributed by atoms with Gasteiger partial charge in [-0.05, 0) is 18.1 Å². The molecule has 1 amide bonds. The van der Waals surface area contributed by atoms with Gasteiger partial charge in [-0.2, -0.15) is 13.2 Å². The summed E-state index contributed by atoms with van der Waals surface area (Å²) in [5.74, 6) is -0.541. The average Bonchev–Trinajstić information content (AvgIpc) is 2.37. The minimum Gasteiger partial charge on any atom is -0.383 e. The van der Waals surface area contributed by atoms with E-state index < -0.39 is 25.3 Å². The lowest BCUT2D eigenvalue weighted by molar-refractivity contribution is -0.175. The van der Waals surface area contributed by atoms with Gasteiger partial charge in [-0.3, -0.25) is 4.79 Å². The summed E-state index contributed by atoms with van der Waals surface area (Å²) in [5, 5.41) is 5.82. The third-order valence-electron chi connectivity index (χ3n) is 2.89. The van der Waals surface area contributed by atoms with E-state index in [2.05, 4.69) is 15.4 Å². The molecule has 0 fully saturated rings. The Bertz CT molecular complexity index is 477. The molecule has 7 heteroatoms. The second kappa shape index (κ2) is 6.13. The minimum atomic E-state index is -4.41. The third kappa shape index (κ3) is 4.41. The second-order valence-corrected chi connectivity index (χ2v) is 4.61. The monoisotopic (exact) mass is 288 g/mol. The first-order valence-electron chi connectivity index (χ1n) is 6.20. The minimum absolute atomic E-state index is 0.146. The molecule has 1 aromatic carbocycles. The number of benzene rings is 1. The summed E-state index contributed by atoms with van der Waals surface area (Å²) in [6, 6.07) is 7.56. The smallest absolute Gasteiger partial charge is 0.383 e. The number of amides is 1. The molecule has 2 N–H and O–H groups in total. The van der Waals surface area contributed by atoms with Crippen LogP contribution < -0.4 is 10.6 Å². The number of fused-ring (bicyclic) bond motifs is 1. The molecular weight excluding hydrogens is 273 g/mol. The van der Waals surface area contributed by atoms with Crippen molar-refractivity contribution < 1.29 is 22.7 Å². The molecule has 1 atom stereocenters. The molecule has 4 nitrogen and oxygen atoms in total. The molecule has 1 unspecified atom stereocenters. The lowest BCUT2D eigenvalue weighted by Gasteiger charge is -2.26. The Labute approximate surface area is 114 Å². The van der Waals surface area contributed by atoms with Gasteiger partial charge in [0, 0.05) is 12.2 Å².